The average Bonchev–Trinajstić information content (AvgIpc) is 3.19. The van der Waals surface area contributed by atoms with Crippen molar-refractivity contribution in [2.75, 3.05) is 0 Å². The van der Waals surface area contributed by atoms with Gasteiger partial charge in [-0.05, 0) is 12.1 Å². The number of hydrogen-bond acceptors (Lipinski definition) is 2. The molecule has 0 unspecified atom stereocenters. The molecular weight excluding hydrogens is 282 g/mol. The molecule has 3 heteroatoms. The van der Waals surface area contributed by atoms with E-state index in [1.807, 2.05) is 79.1 Å². The summed E-state index contributed by atoms with van der Waals surface area (Å²) in [5.41, 5.74) is 3.31. The van der Waals surface area contributed by atoms with E-state index in [1.54, 1.807) is 6.20 Å². The van der Waals surface area contributed by atoms with Crippen molar-refractivity contribution >= 4 is 0 Å². The van der Waals surface area contributed by atoms with Crippen LogP contribution in [-0.2, 0) is 0 Å². The molecule has 2 aromatic carbocycles. The highest BCUT2D eigenvalue weighted by molar-refractivity contribution is 5.58. The minimum Gasteiger partial charge on any atom is -0.345 e. The third-order valence-corrected chi connectivity index (χ3v) is 3.28. The molecule has 0 atom stereocenters. The summed E-state index contributed by atoms with van der Waals surface area (Å²) in [6.07, 6.45) is 5.38. The van der Waals surface area contributed by atoms with Crippen LogP contribution in [0.25, 0.3) is 22.6 Å². The number of benzene rings is 2. The number of aromatic nitrogens is 3. The smallest absolute Gasteiger partial charge is 0.137 e. The Morgan fingerprint density at radius 3 is 1.78 bits per heavy atom. The van der Waals surface area contributed by atoms with Crippen LogP contribution in [0.2, 0.25) is 0 Å². The van der Waals surface area contributed by atoms with Crippen molar-refractivity contribution in [3.8, 4) is 22.6 Å². The zero-order valence-corrected chi connectivity index (χ0v) is 12.6. The van der Waals surface area contributed by atoms with Gasteiger partial charge in [0.2, 0.25) is 0 Å². The maximum absolute atomic E-state index is 4.25. The fourth-order valence-corrected chi connectivity index (χ4v) is 2.16. The molecule has 3 nitrogen and oxygen atoms in total. The topological polar surface area (TPSA) is 41.6 Å². The molecule has 112 valence electrons. The second-order valence-electron chi connectivity index (χ2n) is 4.88. The van der Waals surface area contributed by atoms with Crippen LogP contribution in [0.4, 0.5) is 0 Å². The van der Waals surface area contributed by atoms with Crippen molar-refractivity contribution in [2.45, 2.75) is 0 Å². The van der Waals surface area contributed by atoms with E-state index in [4.69, 9.17) is 0 Å². The second-order valence-corrected chi connectivity index (χ2v) is 4.88. The summed E-state index contributed by atoms with van der Waals surface area (Å²) in [5, 5.41) is 0. The lowest BCUT2D eigenvalue weighted by Gasteiger charge is -1.97. The third-order valence-electron chi connectivity index (χ3n) is 3.28. The minimum absolute atomic E-state index is 0.922. The van der Waals surface area contributed by atoms with Crippen LogP contribution < -0.4 is 0 Å². The fraction of sp³-hybridized carbons (Fsp3) is 0. The molecule has 0 amide bonds. The predicted molar refractivity (Wildman–Crippen MR) is 93.7 cm³/mol. The lowest BCUT2D eigenvalue weighted by Crippen LogP contribution is -1.79. The third kappa shape index (κ3) is 4.14. The second kappa shape index (κ2) is 7.71. The number of nitrogens with zero attached hydrogens (tertiary/aromatic N) is 2. The van der Waals surface area contributed by atoms with Crippen molar-refractivity contribution in [3.05, 3.63) is 97.5 Å². The Labute approximate surface area is 135 Å². The van der Waals surface area contributed by atoms with Gasteiger partial charge in [0.25, 0.3) is 0 Å². The Kier molecular flexibility index (Phi) is 4.93. The van der Waals surface area contributed by atoms with Gasteiger partial charge in [0, 0.05) is 29.7 Å². The maximum Gasteiger partial charge on any atom is 0.137 e. The van der Waals surface area contributed by atoms with Gasteiger partial charge >= 0.3 is 0 Å². The first-order valence-electron chi connectivity index (χ1n) is 7.45. The molecule has 4 rings (SSSR count). The normalized spacial score (nSPS) is 9.74. The van der Waals surface area contributed by atoms with Crippen LogP contribution in [-0.4, -0.2) is 15.0 Å². The van der Waals surface area contributed by atoms with Crippen LogP contribution in [0, 0.1) is 0 Å². The van der Waals surface area contributed by atoms with E-state index in [0.717, 1.165) is 22.6 Å². The molecule has 2 aromatic heterocycles. The Hall–Kier alpha value is -3.20. The highest BCUT2D eigenvalue weighted by atomic mass is 14.9. The number of hydrogen-bond donors (Lipinski definition) is 1. The molecule has 0 aliphatic rings. The predicted octanol–water partition coefficient (Wildman–Crippen LogP) is 4.83. The molecule has 0 aliphatic carbocycles. The average molecular weight is 299 g/mol. The molecule has 0 fully saturated rings. The monoisotopic (exact) mass is 299 g/mol. The Bertz CT molecular complexity index is 758. The molecule has 2 heterocycles. The summed E-state index contributed by atoms with van der Waals surface area (Å²) in [5.74, 6) is 0.922. The summed E-state index contributed by atoms with van der Waals surface area (Å²) >= 11 is 0. The first-order chi connectivity index (χ1) is 11.4. The molecule has 0 bridgehead atoms. The first-order valence-corrected chi connectivity index (χ1v) is 7.45. The first kappa shape index (κ1) is 14.7. The van der Waals surface area contributed by atoms with Gasteiger partial charge in [0.15, 0.2) is 0 Å². The van der Waals surface area contributed by atoms with Gasteiger partial charge in [-0.1, -0.05) is 66.7 Å². The standard InChI is InChI=1S/C11H9N.C9H8N2/c1-2-6-10(7-3-1)11-8-4-5-9-12-11;1-2-4-8(5-3-1)9-10-6-7-11-9/h1-9H;1-7H,(H,10,11). The van der Waals surface area contributed by atoms with Crippen LogP contribution >= 0.6 is 0 Å². The van der Waals surface area contributed by atoms with E-state index < -0.39 is 0 Å². The van der Waals surface area contributed by atoms with Crippen LogP contribution in [0.3, 0.4) is 0 Å². The molecule has 0 spiro atoms. The SMILES string of the molecule is c1ccc(-c2ccccn2)cc1.c1ccc(-c2ncc[nH]2)cc1. The van der Waals surface area contributed by atoms with Crippen molar-refractivity contribution in [2.24, 2.45) is 0 Å². The fourth-order valence-electron chi connectivity index (χ4n) is 2.16. The minimum atomic E-state index is 0.922. The van der Waals surface area contributed by atoms with Gasteiger partial charge in [-0.15, -0.1) is 0 Å². The highest BCUT2D eigenvalue weighted by Crippen LogP contribution is 2.14. The number of aromatic amines is 1. The molecule has 23 heavy (non-hydrogen) atoms. The molecule has 1 N–H and O–H groups in total. The molecule has 0 aliphatic heterocycles. The summed E-state index contributed by atoms with van der Waals surface area (Å²) in [7, 11) is 0. The summed E-state index contributed by atoms with van der Waals surface area (Å²) in [6.45, 7) is 0. The van der Waals surface area contributed by atoms with Gasteiger partial charge < -0.3 is 4.98 Å². The number of rotatable bonds is 2. The van der Waals surface area contributed by atoms with Crippen LogP contribution in [0.15, 0.2) is 97.5 Å². The van der Waals surface area contributed by atoms with Crippen LogP contribution in [0.5, 0.6) is 0 Å². The summed E-state index contributed by atoms with van der Waals surface area (Å²) < 4.78 is 0. The molecular formula is C20H17N3. The van der Waals surface area contributed by atoms with Gasteiger partial charge in [0.05, 0.1) is 5.69 Å². The van der Waals surface area contributed by atoms with Crippen molar-refractivity contribution < 1.29 is 0 Å². The Morgan fingerprint density at radius 1 is 0.565 bits per heavy atom. The lowest BCUT2D eigenvalue weighted by atomic mass is 10.1. The largest absolute Gasteiger partial charge is 0.345 e. The van der Waals surface area contributed by atoms with E-state index in [9.17, 15) is 0 Å². The molecule has 0 saturated heterocycles. The molecule has 0 saturated carbocycles. The zero-order valence-electron chi connectivity index (χ0n) is 12.6. The van der Waals surface area contributed by atoms with E-state index in [0.29, 0.717) is 0 Å². The number of pyridine rings is 1. The number of H-pyrrole nitrogens is 1. The Balaban J connectivity index is 0.000000136. The van der Waals surface area contributed by atoms with Crippen LogP contribution in [0.1, 0.15) is 0 Å². The van der Waals surface area contributed by atoms with Crippen molar-refractivity contribution in [1.29, 1.82) is 0 Å². The van der Waals surface area contributed by atoms with Gasteiger partial charge in [0.1, 0.15) is 5.82 Å². The number of imidazole rings is 1. The van der Waals surface area contributed by atoms with E-state index in [-0.39, 0.29) is 0 Å². The number of nitrogens with one attached hydrogen (secondary N) is 1. The van der Waals surface area contributed by atoms with Gasteiger partial charge in [-0.25, -0.2) is 4.98 Å². The van der Waals surface area contributed by atoms with Crippen molar-refractivity contribution in [1.82, 2.24) is 15.0 Å². The highest BCUT2D eigenvalue weighted by Gasteiger charge is 1.95. The van der Waals surface area contributed by atoms with Gasteiger partial charge in [-0.3, -0.25) is 4.98 Å². The van der Waals surface area contributed by atoms with Crippen molar-refractivity contribution in [3.63, 3.8) is 0 Å². The van der Waals surface area contributed by atoms with E-state index in [1.165, 1.54) is 0 Å². The maximum atomic E-state index is 4.25. The zero-order chi connectivity index (χ0) is 15.7. The Morgan fingerprint density at radius 2 is 1.22 bits per heavy atom. The summed E-state index contributed by atoms with van der Waals surface area (Å²) in [6, 6.07) is 26.1. The van der Waals surface area contributed by atoms with E-state index in [2.05, 4.69) is 27.1 Å². The molecule has 0 radical (unpaired) electrons. The van der Waals surface area contributed by atoms with E-state index >= 15 is 0 Å². The lowest BCUT2D eigenvalue weighted by molar-refractivity contribution is 1.31. The summed E-state index contributed by atoms with van der Waals surface area (Å²) in [4.78, 5) is 11.4. The van der Waals surface area contributed by atoms with Gasteiger partial charge in [-0.2, -0.15) is 0 Å². The quantitative estimate of drug-likeness (QED) is 0.576. The molecule has 4 aromatic rings.